The highest BCUT2D eigenvalue weighted by molar-refractivity contribution is 7.89. The van der Waals surface area contributed by atoms with Crippen LogP contribution in [0.4, 0.5) is 5.69 Å². The van der Waals surface area contributed by atoms with Crippen LogP contribution < -0.4 is 4.80 Å². The van der Waals surface area contributed by atoms with Gasteiger partial charge in [-0.05, 0) is 48.5 Å². The molecule has 1 saturated heterocycles. The molecule has 2 N–H and O–H groups in total. The average molecular weight is 577 g/mol. The molecule has 3 aromatic carbocycles. The van der Waals surface area contributed by atoms with Crippen LogP contribution in [0, 0.1) is 0 Å². The van der Waals surface area contributed by atoms with E-state index >= 15 is 0 Å². The molecule has 0 bridgehead atoms. The summed E-state index contributed by atoms with van der Waals surface area (Å²) in [5.74, 6) is 0.397. The summed E-state index contributed by atoms with van der Waals surface area (Å²) in [5.41, 5.74) is 2.30. The number of phenolic OH excluding ortho intramolecular Hbond substituents is 2. The van der Waals surface area contributed by atoms with Crippen LogP contribution >= 0.6 is 11.3 Å². The molecule has 0 saturated carbocycles. The Labute approximate surface area is 233 Å². The molecule has 0 radical (unpaired) electrons. The molecule has 0 aliphatic carbocycles. The number of hydrogen-bond donors (Lipinski definition) is 2. The van der Waals surface area contributed by atoms with E-state index in [1.807, 2.05) is 35.7 Å². The Bertz CT molecular complexity index is 1850. The highest BCUT2D eigenvalue weighted by Crippen LogP contribution is 2.29. The third kappa shape index (κ3) is 5.17. The fraction of sp³-hybridized carbons (Fsp3) is 0.143. The summed E-state index contributed by atoms with van der Waals surface area (Å²) in [5, 5.41) is 27.2. The van der Waals surface area contributed by atoms with Gasteiger partial charge in [-0.1, -0.05) is 18.2 Å². The number of nitrogens with zero attached hydrogens (tertiary/aromatic N) is 4. The minimum absolute atomic E-state index is 0.0597. The minimum atomic E-state index is -3.62. The van der Waals surface area contributed by atoms with E-state index < -0.39 is 10.0 Å². The Hall–Kier alpha value is -4.23. The number of ether oxygens (including phenoxy) is 1. The second-order valence-electron chi connectivity index (χ2n) is 8.97. The van der Waals surface area contributed by atoms with Crippen molar-refractivity contribution in [3.63, 3.8) is 0 Å². The molecule has 12 heteroatoms. The Balaban J connectivity index is 1.40. The van der Waals surface area contributed by atoms with Crippen molar-refractivity contribution in [1.29, 1.82) is 0 Å². The number of rotatable bonds is 6. The first-order valence-corrected chi connectivity index (χ1v) is 14.7. The Morgan fingerprint density at radius 3 is 2.48 bits per heavy atom. The topological polar surface area (TPSA) is 130 Å². The average Bonchev–Trinajstić information content (AvgIpc) is 3.57. The zero-order valence-electron chi connectivity index (χ0n) is 21.0. The van der Waals surface area contributed by atoms with E-state index in [1.54, 1.807) is 35.0 Å². The number of morpholine rings is 1. The van der Waals surface area contributed by atoms with Gasteiger partial charge in [-0.15, -0.1) is 11.3 Å². The molecule has 1 fully saturated rings. The van der Waals surface area contributed by atoms with Gasteiger partial charge < -0.3 is 19.4 Å². The molecule has 3 heterocycles. The third-order valence-electron chi connectivity index (χ3n) is 6.36. The maximum absolute atomic E-state index is 13.0. The fourth-order valence-corrected chi connectivity index (χ4v) is 6.51. The van der Waals surface area contributed by atoms with Crippen LogP contribution in [0.15, 0.2) is 97.6 Å². The van der Waals surface area contributed by atoms with Crippen molar-refractivity contribution in [2.75, 3.05) is 26.3 Å². The number of thiazole rings is 1. The number of phenols is 2. The lowest BCUT2D eigenvalue weighted by Gasteiger charge is -2.26. The van der Waals surface area contributed by atoms with Crippen molar-refractivity contribution < 1.29 is 27.8 Å². The van der Waals surface area contributed by atoms with Crippen LogP contribution in [0.3, 0.4) is 0 Å². The zero-order chi connectivity index (χ0) is 27.7. The number of para-hydroxylation sites is 1. The van der Waals surface area contributed by atoms with Crippen LogP contribution in [-0.2, 0) is 14.8 Å². The van der Waals surface area contributed by atoms with E-state index in [0.29, 0.717) is 53.8 Å². The summed E-state index contributed by atoms with van der Waals surface area (Å²) < 4.78 is 40.3. The van der Waals surface area contributed by atoms with E-state index in [9.17, 15) is 18.6 Å². The van der Waals surface area contributed by atoms with Gasteiger partial charge in [0.25, 0.3) is 0 Å². The van der Waals surface area contributed by atoms with E-state index in [4.69, 9.17) is 14.1 Å². The first-order chi connectivity index (χ1) is 19.4. The molecule has 1 aliphatic heterocycles. The van der Waals surface area contributed by atoms with Gasteiger partial charge in [0, 0.05) is 35.5 Å². The third-order valence-corrected chi connectivity index (χ3v) is 9.09. The van der Waals surface area contributed by atoms with Gasteiger partial charge >= 0.3 is 0 Å². The van der Waals surface area contributed by atoms with Crippen LogP contribution in [0.1, 0.15) is 5.56 Å². The monoisotopic (exact) mass is 576 g/mol. The van der Waals surface area contributed by atoms with Gasteiger partial charge in [-0.2, -0.15) is 9.41 Å². The molecular weight excluding hydrogens is 552 g/mol. The maximum Gasteiger partial charge on any atom is 0.243 e. The first kappa shape index (κ1) is 26.0. The second kappa shape index (κ2) is 10.7. The zero-order valence-corrected chi connectivity index (χ0v) is 22.7. The highest BCUT2D eigenvalue weighted by Gasteiger charge is 2.26. The molecule has 204 valence electrons. The van der Waals surface area contributed by atoms with Crippen LogP contribution in [0.2, 0.25) is 0 Å². The van der Waals surface area contributed by atoms with Crippen molar-refractivity contribution in [2.45, 2.75) is 4.90 Å². The van der Waals surface area contributed by atoms with Crippen LogP contribution in [0.5, 0.6) is 11.5 Å². The van der Waals surface area contributed by atoms with E-state index in [0.717, 1.165) is 11.0 Å². The van der Waals surface area contributed by atoms with Crippen LogP contribution in [-0.4, -0.2) is 60.1 Å². The van der Waals surface area contributed by atoms with E-state index in [2.05, 4.69) is 5.10 Å². The lowest BCUT2D eigenvalue weighted by molar-refractivity contribution is 0.0730. The number of aromatic hydroxyl groups is 2. The van der Waals surface area contributed by atoms with E-state index in [-0.39, 0.29) is 16.4 Å². The van der Waals surface area contributed by atoms with Gasteiger partial charge in [0.2, 0.25) is 14.8 Å². The quantitative estimate of drug-likeness (QED) is 0.286. The summed E-state index contributed by atoms with van der Waals surface area (Å²) in [4.78, 5) is 5.41. The molecule has 1 aliphatic rings. The maximum atomic E-state index is 13.0. The van der Waals surface area contributed by atoms with Gasteiger partial charge in [-0.25, -0.2) is 18.1 Å². The second-order valence-corrected chi connectivity index (χ2v) is 11.7. The molecule has 0 unspecified atom stereocenters. The number of benzene rings is 3. The lowest BCUT2D eigenvalue weighted by Crippen LogP contribution is -2.40. The first-order valence-electron chi connectivity index (χ1n) is 12.4. The molecule has 10 nitrogen and oxygen atoms in total. The normalized spacial score (nSPS) is 15.3. The molecule has 40 heavy (non-hydrogen) atoms. The molecule has 0 atom stereocenters. The standard InChI is InChI=1S/C28H24N4O6S2/c33-22-8-5-20(25(34)16-22)17-29-32-24(27-15-19-3-1-2-4-26(19)38-27)18-39-28(32)30-21-6-9-23(10-7-21)40(35,36)31-11-13-37-14-12-31/h1-10,15-18,33-34H,11-14H2. The van der Waals surface area contributed by atoms with E-state index in [1.165, 1.54) is 34.0 Å². The van der Waals surface area contributed by atoms with Crippen molar-refractivity contribution in [1.82, 2.24) is 8.98 Å². The number of hydrogen-bond acceptors (Lipinski definition) is 9. The van der Waals surface area contributed by atoms with Gasteiger partial charge in [0.15, 0.2) is 5.76 Å². The number of fused-ring (bicyclic) bond motifs is 1. The summed E-state index contributed by atoms with van der Waals surface area (Å²) in [6.07, 6.45) is 1.46. The number of sulfonamides is 1. The SMILES string of the molecule is O=S(=O)(c1ccc(N=c2scc(-c3cc4ccccc4o3)n2N=Cc2ccc(O)cc2O)cc1)N1CCOCC1. The molecule has 0 spiro atoms. The summed E-state index contributed by atoms with van der Waals surface area (Å²) >= 11 is 1.33. The fourth-order valence-electron chi connectivity index (χ4n) is 4.27. The smallest absolute Gasteiger partial charge is 0.243 e. The molecular formula is C28H24N4O6S2. The van der Waals surface area contributed by atoms with Gasteiger partial charge in [-0.3, -0.25) is 0 Å². The molecule has 2 aromatic heterocycles. The van der Waals surface area contributed by atoms with Crippen molar-refractivity contribution >= 4 is 44.2 Å². The number of furan rings is 1. The highest BCUT2D eigenvalue weighted by atomic mass is 32.2. The summed E-state index contributed by atoms with van der Waals surface area (Å²) in [7, 11) is -3.62. The molecule has 5 aromatic rings. The number of aromatic nitrogens is 1. The Morgan fingerprint density at radius 1 is 0.950 bits per heavy atom. The predicted octanol–water partition coefficient (Wildman–Crippen LogP) is 4.51. The molecule has 6 rings (SSSR count). The van der Waals surface area contributed by atoms with Gasteiger partial charge in [0.1, 0.15) is 22.8 Å². The largest absolute Gasteiger partial charge is 0.508 e. The Kier molecular flexibility index (Phi) is 6.98. The minimum Gasteiger partial charge on any atom is -0.508 e. The lowest BCUT2D eigenvalue weighted by atomic mass is 10.2. The van der Waals surface area contributed by atoms with Crippen molar-refractivity contribution in [2.24, 2.45) is 10.1 Å². The van der Waals surface area contributed by atoms with Crippen molar-refractivity contribution in [3.05, 3.63) is 88.5 Å². The predicted molar refractivity (Wildman–Crippen MR) is 152 cm³/mol. The van der Waals surface area contributed by atoms with Crippen LogP contribution in [0.25, 0.3) is 22.4 Å². The molecule has 0 amide bonds. The summed E-state index contributed by atoms with van der Waals surface area (Å²) in [6, 6.07) is 20.2. The Morgan fingerprint density at radius 2 is 1.73 bits per heavy atom. The van der Waals surface area contributed by atoms with Crippen molar-refractivity contribution in [3.8, 4) is 23.0 Å². The van der Waals surface area contributed by atoms with Gasteiger partial charge in [0.05, 0.1) is 30.0 Å². The summed E-state index contributed by atoms with van der Waals surface area (Å²) in [6.45, 7) is 1.40.